The van der Waals surface area contributed by atoms with Gasteiger partial charge in [-0.3, -0.25) is 9.59 Å². The Labute approximate surface area is 184 Å². The van der Waals surface area contributed by atoms with Crippen molar-refractivity contribution < 1.29 is 19.4 Å². The summed E-state index contributed by atoms with van der Waals surface area (Å²) in [6, 6.07) is 12.7. The molecule has 5 heteroatoms. The zero-order valence-electron chi connectivity index (χ0n) is 18.4. The Morgan fingerprint density at radius 2 is 1.74 bits per heavy atom. The third-order valence-corrected chi connectivity index (χ3v) is 5.27. The number of carbonyl (C=O) groups is 2. The lowest BCUT2D eigenvalue weighted by Crippen LogP contribution is -2.04. The second-order valence-corrected chi connectivity index (χ2v) is 7.71. The number of phenols is 1. The number of carbonyl (C=O) groups excluding carboxylic acids is 2. The maximum atomic E-state index is 12.3. The van der Waals surface area contributed by atoms with Crippen LogP contribution in [0.5, 0.6) is 11.5 Å². The zero-order chi connectivity index (χ0) is 22.6. The van der Waals surface area contributed by atoms with Gasteiger partial charge in [0.25, 0.3) is 0 Å². The highest BCUT2D eigenvalue weighted by Crippen LogP contribution is 2.29. The number of nitrogens with zero attached hydrogens (tertiary/aromatic N) is 1. The van der Waals surface area contributed by atoms with E-state index in [1.807, 2.05) is 13.0 Å². The average Bonchev–Trinajstić information content (AvgIpc) is 2.76. The van der Waals surface area contributed by atoms with E-state index in [1.54, 1.807) is 30.3 Å². The molecule has 0 aliphatic carbocycles. The Morgan fingerprint density at radius 3 is 2.39 bits per heavy atom. The smallest absolute Gasteiger partial charge is 0.163 e. The van der Waals surface area contributed by atoms with Gasteiger partial charge in [0, 0.05) is 24.0 Å². The first kappa shape index (κ1) is 24.1. The van der Waals surface area contributed by atoms with Crippen LogP contribution in [0.1, 0.15) is 90.6 Å². The summed E-state index contributed by atoms with van der Waals surface area (Å²) in [5.74, 6) is 0.640. The van der Waals surface area contributed by atoms with Gasteiger partial charge in [-0.2, -0.15) is 5.26 Å². The second-order valence-electron chi connectivity index (χ2n) is 7.71. The molecule has 2 rings (SSSR count). The fraction of sp³-hybridized carbons (Fsp3) is 0.423. The van der Waals surface area contributed by atoms with Gasteiger partial charge in [-0.1, -0.05) is 32.3 Å². The lowest BCUT2D eigenvalue weighted by atomic mass is 9.97. The van der Waals surface area contributed by atoms with Crippen molar-refractivity contribution in [3.8, 4) is 17.6 Å². The highest BCUT2D eigenvalue weighted by Gasteiger charge is 2.15. The topological polar surface area (TPSA) is 87.4 Å². The Kier molecular flexibility index (Phi) is 9.77. The van der Waals surface area contributed by atoms with Crippen LogP contribution >= 0.6 is 0 Å². The highest BCUT2D eigenvalue weighted by atomic mass is 16.5. The number of benzene rings is 2. The van der Waals surface area contributed by atoms with Crippen molar-refractivity contribution in [3.05, 3.63) is 58.7 Å². The van der Waals surface area contributed by atoms with Crippen molar-refractivity contribution in [2.24, 2.45) is 0 Å². The molecule has 0 bridgehead atoms. The molecule has 0 fully saturated rings. The summed E-state index contributed by atoms with van der Waals surface area (Å²) < 4.78 is 5.87. The molecule has 0 aromatic heterocycles. The molecule has 1 N–H and O–H groups in total. The van der Waals surface area contributed by atoms with E-state index in [0.29, 0.717) is 36.1 Å². The molecular weight excluding hydrogens is 390 g/mol. The molecule has 0 heterocycles. The third kappa shape index (κ3) is 7.25. The molecule has 0 aliphatic heterocycles. The molecule has 0 saturated heterocycles. The standard InChI is InChI=1S/C26H31NO4/c1-3-9-24-21(13-16-23(19(2)28)26(24)30)18-31-22-14-11-20(12-15-22)25(29)10-7-5-4-6-8-17-27/h11-16,30H,3-10,18H2,1-2H3. The van der Waals surface area contributed by atoms with E-state index >= 15 is 0 Å². The van der Waals surface area contributed by atoms with Gasteiger partial charge in [0.2, 0.25) is 0 Å². The predicted octanol–water partition coefficient (Wildman–Crippen LogP) is 6.17. The van der Waals surface area contributed by atoms with E-state index in [-0.39, 0.29) is 23.9 Å². The third-order valence-electron chi connectivity index (χ3n) is 5.27. The van der Waals surface area contributed by atoms with E-state index < -0.39 is 0 Å². The molecule has 2 aromatic rings. The largest absolute Gasteiger partial charge is 0.507 e. The second kappa shape index (κ2) is 12.5. The Balaban J connectivity index is 1.93. The van der Waals surface area contributed by atoms with Gasteiger partial charge in [0.05, 0.1) is 11.6 Å². The van der Waals surface area contributed by atoms with Gasteiger partial charge in [-0.05, 0) is 62.1 Å². The van der Waals surface area contributed by atoms with E-state index in [0.717, 1.165) is 43.2 Å². The van der Waals surface area contributed by atoms with Gasteiger partial charge in [-0.25, -0.2) is 0 Å². The number of nitriles is 1. The first-order chi connectivity index (χ1) is 15.0. The van der Waals surface area contributed by atoms with Crippen LogP contribution in [0.3, 0.4) is 0 Å². The number of hydrogen-bond acceptors (Lipinski definition) is 5. The summed E-state index contributed by atoms with van der Waals surface area (Å²) in [4.78, 5) is 24.0. The van der Waals surface area contributed by atoms with Crippen molar-refractivity contribution in [1.82, 2.24) is 0 Å². The SMILES string of the molecule is CCCc1c(COc2ccc(C(=O)CCCCCCC#N)cc2)ccc(C(C)=O)c1O. The summed E-state index contributed by atoms with van der Waals surface area (Å²) >= 11 is 0. The van der Waals surface area contributed by atoms with Gasteiger partial charge < -0.3 is 9.84 Å². The van der Waals surface area contributed by atoms with E-state index in [4.69, 9.17) is 10.00 Å². The molecule has 0 spiro atoms. The van der Waals surface area contributed by atoms with Crippen molar-refractivity contribution in [3.63, 3.8) is 0 Å². The Morgan fingerprint density at radius 1 is 1.03 bits per heavy atom. The molecule has 164 valence electrons. The number of rotatable bonds is 13. The van der Waals surface area contributed by atoms with Crippen LogP contribution in [-0.2, 0) is 13.0 Å². The number of unbranched alkanes of at least 4 members (excludes halogenated alkanes) is 4. The summed E-state index contributed by atoms with van der Waals surface area (Å²) in [6.45, 7) is 3.74. The van der Waals surface area contributed by atoms with Gasteiger partial charge in [-0.15, -0.1) is 0 Å². The quantitative estimate of drug-likeness (QED) is 0.308. The first-order valence-electron chi connectivity index (χ1n) is 11.0. The number of phenolic OH excluding ortho intramolecular Hbond substituents is 1. The van der Waals surface area contributed by atoms with Crippen LogP contribution in [-0.4, -0.2) is 16.7 Å². The lowest BCUT2D eigenvalue weighted by molar-refractivity contribution is 0.0977. The fourth-order valence-corrected chi connectivity index (χ4v) is 3.51. The predicted molar refractivity (Wildman–Crippen MR) is 121 cm³/mol. The molecule has 31 heavy (non-hydrogen) atoms. The van der Waals surface area contributed by atoms with Gasteiger partial charge in [0.1, 0.15) is 18.1 Å². The number of hydrogen-bond donors (Lipinski definition) is 1. The maximum Gasteiger partial charge on any atom is 0.163 e. The van der Waals surface area contributed by atoms with Crippen molar-refractivity contribution in [2.45, 2.75) is 71.8 Å². The normalized spacial score (nSPS) is 10.5. The summed E-state index contributed by atoms with van der Waals surface area (Å²) in [6.07, 6.45) is 6.27. The fourth-order valence-electron chi connectivity index (χ4n) is 3.51. The minimum atomic E-state index is -0.162. The maximum absolute atomic E-state index is 12.3. The first-order valence-corrected chi connectivity index (χ1v) is 11.0. The monoisotopic (exact) mass is 421 g/mol. The van der Waals surface area contributed by atoms with Crippen LogP contribution in [0.15, 0.2) is 36.4 Å². The minimum absolute atomic E-state index is 0.0454. The van der Waals surface area contributed by atoms with Crippen molar-refractivity contribution >= 4 is 11.6 Å². The molecule has 0 unspecified atom stereocenters. The van der Waals surface area contributed by atoms with Crippen molar-refractivity contribution in [1.29, 1.82) is 5.26 Å². The average molecular weight is 422 g/mol. The Bertz CT molecular complexity index is 926. The van der Waals surface area contributed by atoms with Crippen LogP contribution in [0.25, 0.3) is 0 Å². The number of Topliss-reactive ketones (excluding diaryl/α,β-unsaturated/α-hetero) is 2. The molecule has 0 radical (unpaired) electrons. The highest BCUT2D eigenvalue weighted by molar-refractivity contribution is 5.97. The molecule has 5 nitrogen and oxygen atoms in total. The van der Waals surface area contributed by atoms with Crippen molar-refractivity contribution in [2.75, 3.05) is 0 Å². The summed E-state index contributed by atoms with van der Waals surface area (Å²) in [7, 11) is 0. The summed E-state index contributed by atoms with van der Waals surface area (Å²) in [5, 5.41) is 19.0. The number of ketones is 2. The zero-order valence-corrected chi connectivity index (χ0v) is 18.4. The molecule has 2 aromatic carbocycles. The molecule has 0 amide bonds. The molecular formula is C26H31NO4. The van der Waals surface area contributed by atoms with Gasteiger partial charge >= 0.3 is 0 Å². The van der Waals surface area contributed by atoms with E-state index in [2.05, 4.69) is 6.07 Å². The van der Waals surface area contributed by atoms with Crippen LogP contribution in [0.4, 0.5) is 0 Å². The molecule has 0 aliphatic rings. The molecule has 0 atom stereocenters. The number of ether oxygens (including phenoxy) is 1. The Hall–Kier alpha value is -3.13. The number of aromatic hydroxyl groups is 1. The van der Waals surface area contributed by atoms with E-state index in [9.17, 15) is 14.7 Å². The van der Waals surface area contributed by atoms with E-state index in [1.165, 1.54) is 6.92 Å². The lowest BCUT2D eigenvalue weighted by Gasteiger charge is -2.14. The minimum Gasteiger partial charge on any atom is -0.507 e. The van der Waals surface area contributed by atoms with Gasteiger partial charge in [0.15, 0.2) is 11.6 Å². The molecule has 0 saturated carbocycles. The summed E-state index contributed by atoms with van der Waals surface area (Å²) in [5.41, 5.74) is 2.59. The van der Waals surface area contributed by atoms with Crippen LogP contribution < -0.4 is 4.74 Å². The van der Waals surface area contributed by atoms with Crippen LogP contribution in [0.2, 0.25) is 0 Å². The van der Waals surface area contributed by atoms with Crippen LogP contribution in [0, 0.1) is 11.3 Å².